The zero-order valence-electron chi connectivity index (χ0n) is 22.1. The molecule has 3 N–H and O–H groups in total. The molecule has 208 valence electrons. The molecule has 0 radical (unpaired) electrons. The van der Waals surface area contributed by atoms with Crippen molar-refractivity contribution < 1.29 is 27.1 Å². The van der Waals surface area contributed by atoms with Gasteiger partial charge < -0.3 is 15.0 Å². The second-order valence-corrected chi connectivity index (χ2v) is 12.0. The van der Waals surface area contributed by atoms with Crippen LogP contribution in [0.1, 0.15) is 45.2 Å². The van der Waals surface area contributed by atoms with E-state index in [-0.39, 0.29) is 34.7 Å². The minimum absolute atomic E-state index is 0.0207. The third kappa shape index (κ3) is 7.21. The molecular formula is C27H32FN5O5S. The number of ether oxygens (including phenoxy) is 1. The predicted octanol–water partition coefficient (Wildman–Crippen LogP) is 4.09. The fourth-order valence-corrected chi connectivity index (χ4v) is 5.19. The van der Waals surface area contributed by atoms with Gasteiger partial charge in [-0.3, -0.25) is 9.48 Å². The minimum atomic E-state index is -4.16. The second-order valence-electron chi connectivity index (χ2n) is 10.5. The van der Waals surface area contributed by atoms with E-state index in [4.69, 9.17) is 9.88 Å². The van der Waals surface area contributed by atoms with Gasteiger partial charge in [0.1, 0.15) is 11.4 Å². The van der Waals surface area contributed by atoms with Crippen LogP contribution in [0.3, 0.4) is 0 Å². The fraction of sp³-hybridized carbons (Fsp3) is 0.370. The van der Waals surface area contributed by atoms with E-state index in [0.717, 1.165) is 0 Å². The number of anilines is 1. The van der Waals surface area contributed by atoms with E-state index in [1.54, 1.807) is 40.2 Å². The van der Waals surface area contributed by atoms with Crippen molar-refractivity contribution in [3.05, 3.63) is 66.2 Å². The van der Waals surface area contributed by atoms with Crippen molar-refractivity contribution in [3.63, 3.8) is 0 Å². The Balaban J connectivity index is 1.47. The number of sulfonamides is 1. The van der Waals surface area contributed by atoms with Crippen molar-refractivity contribution in [3.8, 4) is 11.1 Å². The van der Waals surface area contributed by atoms with Crippen LogP contribution in [0, 0.1) is 5.82 Å². The monoisotopic (exact) mass is 557 g/mol. The van der Waals surface area contributed by atoms with Gasteiger partial charge in [0.15, 0.2) is 0 Å². The first-order valence-electron chi connectivity index (χ1n) is 12.5. The van der Waals surface area contributed by atoms with E-state index in [2.05, 4.69) is 10.4 Å². The summed E-state index contributed by atoms with van der Waals surface area (Å²) < 4.78 is 46.0. The molecule has 0 bridgehead atoms. The summed E-state index contributed by atoms with van der Waals surface area (Å²) in [7, 11) is -4.16. The number of primary sulfonamides is 1. The van der Waals surface area contributed by atoms with Gasteiger partial charge in [-0.1, -0.05) is 24.3 Å². The number of aromatic nitrogens is 2. The molecule has 0 aliphatic carbocycles. The summed E-state index contributed by atoms with van der Waals surface area (Å²) >= 11 is 0. The Morgan fingerprint density at radius 2 is 1.85 bits per heavy atom. The predicted molar refractivity (Wildman–Crippen MR) is 144 cm³/mol. The average Bonchev–Trinajstić information content (AvgIpc) is 3.34. The number of nitrogens with two attached hydrogens (primary N) is 1. The Kier molecular flexibility index (Phi) is 8.07. The molecule has 0 saturated carbocycles. The second kappa shape index (κ2) is 11.1. The molecule has 1 aliphatic heterocycles. The highest BCUT2D eigenvalue weighted by Crippen LogP contribution is 2.31. The fourth-order valence-electron chi connectivity index (χ4n) is 4.41. The number of benzene rings is 2. The lowest BCUT2D eigenvalue weighted by Gasteiger charge is -2.33. The molecule has 2 aromatic carbocycles. The van der Waals surface area contributed by atoms with Crippen LogP contribution in [0.15, 0.2) is 59.8 Å². The molecule has 0 unspecified atom stereocenters. The van der Waals surface area contributed by atoms with E-state index in [1.165, 1.54) is 24.3 Å². The number of hydrogen-bond donors (Lipinski definition) is 2. The first kappa shape index (κ1) is 28.2. The van der Waals surface area contributed by atoms with Crippen molar-refractivity contribution in [1.82, 2.24) is 14.7 Å². The van der Waals surface area contributed by atoms with E-state index >= 15 is 0 Å². The van der Waals surface area contributed by atoms with Crippen molar-refractivity contribution in [2.45, 2.75) is 56.6 Å². The highest BCUT2D eigenvalue weighted by molar-refractivity contribution is 7.89. The number of likely N-dealkylation sites (tertiary alicyclic amines) is 1. The van der Waals surface area contributed by atoms with Gasteiger partial charge in [0.05, 0.1) is 23.6 Å². The third-order valence-corrected chi connectivity index (χ3v) is 7.23. The lowest BCUT2D eigenvalue weighted by atomic mass is 10.1. The molecule has 10 nitrogen and oxygen atoms in total. The number of nitrogens with one attached hydrogen (secondary N) is 1. The van der Waals surface area contributed by atoms with Crippen LogP contribution in [0.2, 0.25) is 0 Å². The quantitative estimate of drug-likeness (QED) is 0.469. The van der Waals surface area contributed by atoms with Crippen molar-refractivity contribution in [2.75, 3.05) is 18.4 Å². The van der Waals surface area contributed by atoms with Crippen molar-refractivity contribution in [1.29, 1.82) is 0 Å². The zero-order chi connectivity index (χ0) is 28.4. The Labute approximate surface area is 227 Å². The largest absolute Gasteiger partial charge is 0.444 e. The topological polar surface area (TPSA) is 137 Å². The number of carbonyl (C=O) groups is 2. The van der Waals surface area contributed by atoms with Crippen LogP contribution >= 0.6 is 0 Å². The van der Waals surface area contributed by atoms with Gasteiger partial charge in [-0.2, -0.15) is 5.10 Å². The van der Waals surface area contributed by atoms with E-state index in [0.29, 0.717) is 37.1 Å². The molecular weight excluding hydrogens is 525 g/mol. The van der Waals surface area contributed by atoms with Gasteiger partial charge in [0.25, 0.3) is 0 Å². The van der Waals surface area contributed by atoms with Crippen LogP contribution in [0.25, 0.3) is 11.1 Å². The molecule has 1 fully saturated rings. The summed E-state index contributed by atoms with van der Waals surface area (Å²) in [5.41, 5.74) is 0.748. The Bertz CT molecular complexity index is 1470. The summed E-state index contributed by atoms with van der Waals surface area (Å²) in [6.07, 6.45) is 4.07. The SMILES string of the molecule is CC(C)(C)OC(=O)N1CCC(n2cc(-c3ccc(NC(=O)Cc4ccccc4F)cc3S(N)(=O)=O)cn2)CC1. The lowest BCUT2D eigenvalue weighted by Crippen LogP contribution is -2.42. The van der Waals surface area contributed by atoms with E-state index < -0.39 is 27.3 Å². The molecule has 3 aromatic rings. The number of piperidine rings is 1. The molecule has 2 amide bonds. The Morgan fingerprint density at radius 3 is 2.49 bits per heavy atom. The minimum Gasteiger partial charge on any atom is -0.444 e. The lowest BCUT2D eigenvalue weighted by molar-refractivity contribution is -0.115. The van der Waals surface area contributed by atoms with Gasteiger partial charge in [-0.25, -0.2) is 22.7 Å². The maximum absolute atomic E-state index is 13.9. The van der Waals surface area contributed by atoms with Gasteiger partial charge in [0, 0.05) is 36.1 Å². The number of hydrogen-bond acceptors (Lipinski definition) is 6. The summed E-state index contributed by atoms with van der Waals surface area (Å²) in [6, 6.07) is 10.3. The highest BCUT2D eigenvalue weighted by Gasteiger charge is 2.28. The van der Waals surface area contributed by atoms with E-state index in [9.17, 15) is 22.4 Å². The van der Waals surface area contributed by atoms with Crippen molar-refractivity contribution in [2.24, 2.45) is 5.14 Å². The zero-order valence-corrected chi connectivity index (χ0v) is 22.9. The number of nitrogens with zero attached hydrogens (tertiary/aromatic N) is 3. The summed E-state index contributed by atoms with van der Waals surface area (Å²) in [6.45, 7) is 6.50. The van der Waals surface area contributed by atoms with Crippen LogP contribution in [0.5, 0.6) is 0 Å². The molecule has 12 heteroatoms. The molecule has 1 aromatic heterocycles. The summed E-state index contributed by atoms with van der Waals surface area (Å²) in [5.74, 6) is -1.00. The third-order valence-electron chi connectivity index (χ3n) is 6.28. The van der Waals surface area contributed by atoms with Gasteiger partial charge in [0.2, 0.25) is 15.9 Å². The van der Waals surface area contributed by atoms with Gasteiger partial charge in [-0.05, 0) is 57.4 Å². The number of carbonyl (C=O) groups excluding carboxylic acids is 2. The standard InChI is InChI=1S/C27H32FN5O5S/c1-27(2,3)38-26(35)32-12-10-21(11-13-32)33-17-19(16-30-33)22-9-8-20(15-24(22)39(29,36)37)31-25(34)14-18-6-4-5-7-23(18)28/h4-9,15-17,21H,10-14H2,1-3H3,(H,31,34)(H2,29,36,37). The van der Waals surface area contributed by atoms with E-state index in [1.807, 2.05) is 20.8 Å². The number of amides is 2. The average molecular weight is 558 g/mol. The Morgan fingerprint density at radius 1 is 1.15 bits per heavy atom. The first-order chi connectivity index (χ1) is 18.3. The van der Waals surface area contributed by atoms with Crippen molar-refractivity contribution >= 4 is 27.7 Å². The van der Waals surface area contributed by atoms with Crippen LogP contribution < -0.4 is 10.5 Å². The highest BCUT2D eigenvalue weighted by atomic mass is 32.2. The summed E-state index contributed by atoms with van der Waals surface area (Å²) in [4.78, 5) is 26.3. The summed E-state index contributed by atoms with van der Waals surface area (Å²) in [5, 5.41) is 12.5. The maximum atomic E-state index is 13.9. The van der Waals surface area contributed by atoms with Gasteiger partial charge >= 0.3 is 6.09 Å². The molecule has 2 heterocycles. The molecule has 39 heavy (non-hydrogen) atoms. The molecule has 0 spiro atoms. The number of halogens is 1. The number of rotatable bonds is 6. The van der Waals surface area contributed by atoms with Gasteiger partial charge in [-0.15, -0.1) is 0 Å². The maximum Gasteiger partial charge on any atom is 0.410 e. The Hall–Kier alpha value is -3.77. The van der Waals surface area contributed by atoms with Crippen LogP contribution in [-0.2, 0) is 26.0 Å². The normalized spacial score (nSPS) is 14.7. The molecule has 1 aliphatic rings. The molecule has 0 atom stereocenters. The molecule has 1 saturated heterocycles. The molecule has 4 rings (SSSR count). The smallest absolute Gasteiger partial charge is 0.410 e. The van der Waals surface area contributed by atoms with Crippen LogP contribution in [-0.4, -0.2) is 53.8 Å². The van der Waals surface area contributed by atoms with Crippen LogP contribution in [0.4, 0.5) is 14.9 Å². The first-order valence-corrected chi connectivity index (χ1v) is 14.1.